The third-order valence-corrected chi connectivity index (χ3v) is 5.04. The first-order valence-electron chi connectivity index (χ1n) is 8.04. The molecule has 0 unspecified atom stereocenters. The zero-order valence-electron chi connectivity index (χ0n) is 13.0. The molecule has 2 aromatic rings. The van der Waals surface area contributed by atoms with E-state index in [1.807, 2.05) is 0 Å². The Morgan fingerprint density at radius 1 is 0.857 bits per heavy atom. The summed E-state index contributed by atoms with van der Waals surface area (Å²) in [4.78, 5) is 0. The van der Waals surface area contributed by atoms with Gasteiger partial charge in [0.2, 0.25) is 0 Å². The minimum Gasteiger partial charge on any atom is -0.306 e. The average molecular weight is 279 g/mol. The van der Waals surface area contributed by atoms with Crippen molar-refractivity contribution in [2.45, 2.75) is 32.7 Å². The Hall–Kier alpha value is -1.60. The highest BCUT2D eigenvalue weighted by molar-refractivity contribution is 5.31. The highest BCUT2D eigenvalue weighted by Crippen LogP contribution is 2.51. The smallest absolute Gasteiger partial charge is 0.0576 e. The van der Waals surface area contributed by atoms with Crippen LogP contribution in [-0.4, -0.2) is 6.54 Å². The van der Waals surface area contributed by atoms with Crippen LogP contribution < -0.4 is 5.32 Å². The van der Waals surface area contributed by atoms with Gasteiger partial charge < -0.3 is 5.32 Å². The van der Waals surface area contributed by atoms with Crippen molar-refractivity contribution in [2.24, 2.45) is 11.3 Å². The maximum atomic E-state index is 3.84. The van der Waals surface area contributed by atoms with E-state index in [9.17, 15) is 0 Å². The predicted molar refractivity (Wildman–Crippen MR) is 89.2 cm³/mol. The first-order valence-corrected chi connectivity index (χ1v) is 8.04. The Labute approximate surface area is 128 Å². The highest BCUT2D eigenvalue weighted by Gasteiger charge is 2.45. The van der Waals surface area contributed by atoms with Crippen molar-refractivity contribution in [3.63, 3.8) is 0 Å². The van der Waals surface area contributed by atoms with Crippen molar-refractivity contribution >= 4 is 0 Å². The lowest BCUT2D eigenvalue weighted by molar-refractivity contribution is 0.329. The van der Waals surface area contributed by atoms with Gasteiger partial charge in [0.05, 0.1) is 6.04 Å². The Bertz CT molecular complexity index is 515. The molecule has 1 nitrogen and oxygen atoms in total. The molecule has 0 amide bonds. The molecule has 0 atom stereocenters. The Balaban J connectivity index is 1.80. The van der Waals surface area contributed by atoms with Gasteiger partial charge in [-0.25, -0.2) is 0 Å². The predicted octanol–water partition coefficient (Wildman–Crippen LogP) is 4.80. The van der Waals surface area contributed by atoms with Gasteiger partial charge in [-0.05, 0) is 35.3 Å². The van der Waals surface area contributed by atoms with Gasteiger partial charge in [-0.3, -0.25) is 0 Å². The Morgan fingerprint density at radius 2 is 1.33 bits per heavy atom. The lowest BCUT2D eigenvalue weighted by atomic mass is 9.91. The summed E-state index contributed by atoms with van der Waals surface area (Å²) in [6, 6.07) is 21.9. The van der Waals surface area contributed by atoms with Crippen LogP contribution in [0.25, 0.3) is 0 Å². The molecule has 21 heavy (non-hydrogen) atoms. The normalized spacial score (nSPS) is 16.4. The molecule has 3 rings (SSSR count). The maximum absolute atomic E-state index is 3.84. The molecule has 1 saturated carbocycles. The van der Waals surface area contributed by atoms with Crippen LogP contribution in [0.4, 0.5) is 0 Å². The zero-order valence-corrected chi connectivity index (χ0v) is 13.0. The van der Waals surface area contributed by atoms with E-state index in [4.69, 9.17) is 0 Å². The van der Waals surface area contributed by atoms with Gasteiger partial charge >= 0.3 is 0 Å². The van der Waals surface area contributed by atoms with Crippen LogP contribution >= 0.6 is 0 Å². The standard InChI is InChI=1S/C20H25N/c1-16(2)20(13-14-20)15-21-19(17-9-5-3-6-10-17)18-11-7-4-8-12-18/h3-12,16,19,21H,13-15H2,1-2H3. The molecule has 1 aliphatic carbocycles. The number of hydrogen-bond donors (Lipinski definition) is 1. The van der Waals surface area contributed by atoms with Crippen molar-refractivity contribution in [3.8, 4) is 0 Å². The number of nitrogens with one attached hydrogen (secondary N) is 1. The van der Waals surface area contributed by atoms with Gasteiger partial charge in [-0.15, -0.1) is 0 Å². The van der Waals surface area contributed by atoms with Gasteiger partial charge in [0, 0.05) is 6.54 Å². The second kappa shape index (κ2) is 6.03. The summed E-state index contributed by atoms with van der Waals surface area (Å²) < 4.78 is 0. The summed E-state index contributed by atoms with van der Waals surface area (Å²) in [6.45, 7) is 5.82. The molecule has 0 spiro atoms. The van der Waals surface area contributed by atoms with Crippen LogP contribution in [0, 0.1) is 11.3 Å². The summed E-state index contributed by atoms with van der Waals surface area (Å²) in [7, 11) is 0. The molecule has 0 bridgehead atoms. The molecule has 1 aliphatic rings. The number of rotatable bonds is 6. The van der Waals surface area contributed by atoms with Gasteiger partial charge in [0.25, 0.3) is 0 Å². The molecule has 2 aromatic carbocycles. The first-order chi connectivity index (χ1) is 10.2. The molecule has 0 radical (unpaired) electrons. The lowest BCUT2D eigenvalue weighted by Crippen LogP contribution is -2.31. The van der Waals surface area contributed by atoms with Crippen molar-refractivity contribution < 1.29 is 0 Å². The Morgan fingerprint density at radius 3 is 1.71 bits per heavy atom. The average Bonchev–Trinajstić information content (AvgIpc) is 3.31. The zero-order chi connectivity index (χ0) is 14.7. The molecule has 0 saturated heterocycles. The fraction of sp³-hybridized carbons (Fsp3) is 0.400. The molecule has 1 heteroatoms. The summed E-state index contributed by atoms with van der Waals surface area (Å²) in [6.07, 6.45) is 2.74. The molecule has 1 fully saturated rings. The molecular formula is C20H25N. The van der Waals surface area contributed by atoms with Gasteiger partial charge in [-0.2, -0.15) is 0 Å². The third kappa shape index (κ3) is 3.19. The molecule has 1 N–H and O–H groups in total. The minimum absolute atomic E-state index is 0.295. The van der Waals surface area contributed by atoms with Crippen LogP contribution in [0.2, 0.25) is 0 Å². The van der Waals surface area contributed by atoms with E-state index in [0.29, 0.717) is 11.5 Å². The second-order valence-electron chi connectivity index (χ2n) is 6.65. The van der Waals surface area contributed by atoms with Crippen molar-refractivity contribution in [2.75, 3.05) is 6.54 Å². The molecule has 0 heterocycles. The fourth-order valence-electron chi connectivity index (χ4n) is 3.14. The van der Waals surface area contributed by atoms with Crippen LogP contribution in [0.5, 0.6) is 0 Å². The van der Waals surface area contributed by atoms with E-state index >= 15 is 0 Å². The van der Waals surface area contributed by atoms with Crippen molar-refractivity contribution in [1.29, 1.82) is 0 Å². The van der Waals surface area contributed by atoms with E-state index in [0.717, 1.165) is 12.5 Å². The van der Waals surface area contributed by atoms with E-state index in [-0.39, 0.29) is 0 Å². The SMILES string of the molecule is CC(C)C1(CNC(c2ccccc2)c2ccccc2)CC1. The van der Waals surface area contributed by atoms with Crippen LogP contribution in [0.1, 0.15) is 43.9 Å². The van der Waals surface area contributed by atoms with E-state index < -0.39 is 0 Å². The van der Waals surface area contributed by atoms with Gasteiger partial charge in [0.1, 0.15) is 0 Å². The molecular weight excluding hydrogens is 254 g/mol. The van der Waals surface area contributed by atoms with Gasteiger partial charge in [0.15, 0.2) is 0 Å². The van der Waals surface area contributed by atoms with Gasteiger partial charge in [-0.1, -0.05) is 74.5 Å². The summed E-state index contributed by atoms with van der Waals surface area (Å²) in [5, 5.41) is 3.84. The fourth-order valence-corrected chi connectivity index (χ4v) is 3.14. The van der Waals surface area contributed by atoms with Crippen LogP contribution in [-0.2, 0) is 0 Å². The maximum Gasteiger partial charge on any atom is 0.0576 e. The molecule has 0 aromatic heterocycles. The van der Waals surface area contributed by atoms with E-state index in [2.05, 4.69) is 79.8 Å². The topological polar surface area (TPSA) is 12.0 Å². The van der Waals surface area contributed by atoms with E-state index in [1.165, 1.54) is 24.0 Å². The monoisotopic (exact) mass is 279 g/mol. The third-order valence-electron chi connectivity index (χ3n) is 5.04. The lowest BCUT2D eigenvalue weighted by Gasteiger charge is -2.26. The largest absolute Gasteiger partial charge is 0.306 e. The van der Waals surface area contributed by atoms with Crippen LogP contribution in [0.15, 0.2) is 60.7 Å². The quantitative estimate of drug-likeness (QED) is 0.800. The minimum atomic E-state index is 0.295. The Kier molecular flexibility index (Phi) is 4.12. The number of benzene rings is 2. The summed E-state index contributed by atoms with van der Waals surface area (Å²) in [5.41, 5.74) is 3.23. The molecule has 110 valence electrons. The van der Waals surface area contributed by atoms with E-state index in [1.54, 1.807) is 0 Å². The summed E-state index contributed by atoms with van der Waals surface area (Å²) in [5.74, 6) is 0.761. The highest BCUT2D eigenvalue weighted by atomic mass is 14.9. The van der Waals surface area contributed by atoms with Crippen molar-refractivity contribution in [1.82, 2.24) is 5.32 Å². The second-order valence-corrected chi connectivity index (χ2v) is 6.65. The van der Waals surface area contributed by atoms with Crippen LogP contribution in [0.3, 0.4) is 0 Å². The summed E-state index contributed by atoms with van der Waals surface area (Å²) >= 11 is 0. The molecule has 0 aliphatic heterocycles. The number of hydrogen-bond acceptors (Lipinski definition) is 1. The van der Waals surface area contributed by atoms with Crippen molar-refractivity contribution in [3.05, 3.63) is 71.8 Å². The first kappa shape index (κ1) is 14.3.